The number of hydrogen-bond donors (Lipinski definition) is 2. The minimum Gasteiger partial charge on any atom is -0.489 e. The van der Waals surface area contributed by atoms with Gasteiger partial charge in [-0.25, -0.2) is 17.6 Å². The summed E-state index contributed by atoms with van der Waals surface area (Å²) < 4.78 is 46.6. The molecule has 8 nitrogen and oxygen atoms in total. The number of hydrogen-bond acceptors (Lipinski definition) is 7. The van der Waals surface area contributed by atoms with Gasteiger partial charge in [-0.1, -0.05) is 15.9 Å². The fourth-order valence-corrected chi connectivity index (χ4v) is 5.17. The third kappa shape index (κ3) is 4.98. The van der Waals surface area contributed by atoms with Crippen molar-refractivity contribution in [3.63, 3.8) is 0 Å². The highest BCUT2D eigenvalue weighted by Gasteiger charge is 2.41. The van der Waals surface area contributed by atoms with Crippen molar-refractivity contribution in [3.05, 3.63) is 58.3 Å². The molecule has 2 atom stereocenters. The van der Waals surface area contributed by atoms with Gasteiger partial charge < -0.3 is 14.7 Å². The van der Waals surface area contributed by atoms with E-state index in [0.717, 1.165) is 4.31 Å². The quantitative estimate of drug-likeness (QED) is 0.580. The Kier molecular flexibility index (Phi) is 7.09. The first-order chi connectivity index (χ1) is 14.2. The van der Waals surface area contributed by atoms with Crippen LogP contribution in [0.1, 0.15) is 18.4 Å². The summed E-state index contributed by atoms with van der Waals surface area (Å²) in [7, 11) is -4.09. The zero-order valence-corrected chi connectivity index (χ0v) is 18.1. The first-order valence-corrected chi connectivity index (χ1v) is 11.2. The second-order valence-corrected chi connectivity index (χ2v) is 9.50. The Morgan fingerprint density at radius 2 is 1.93 bits per heavy atom. The Morgan fingerprint density at radius 3 is 2.60 bits per heavy atom. The topological polar surface area (TPSA) is 119 Å². The van der Waals surface area contributed by atoms with Crippen LogP contribution in [0.5, 0.6) is 5.75 Å². The molecule has 0 aromatic heterocycles. The van der Waals surface area contributed by atoms with Crippen LogP contribution in [-0.4, -0.2) is 42.5 Å². The number of β-amino-alcohol motifs (C(OH)–C–C–N with tert-alkyl or cyclic N) is 1. The van der Waals surface area contributed by atoms with Gasteiger partial charge in [0.25, 0.3) is 0 Å². The Balaban J connectivity index is 1.76. The molecule has 0 spiro atoms. The van der Waals surface area contributed by atoms with Gasteiger partial charge in [0, 0.05) is 16.6 Å². The number of nitrogens with two attached hydrogens (primary N) is 1. The number of aliphatic hydroxyl groups excluding tert-OH is 1. The molecule has 1 fully saturated rings. The van der Waals surface area contributed by atoms with Gasteiger partial charge >= 0.3 is 5.97 Å². The maximum Gasteiger partial charge on any atom is 0.342 e. The molecule has 162 valence electrons. The number of sulfonamides is 1. The molecule has 3 N–H and O–H groups in total. The molecule has 1 aliphatic rings. The van der Waals surface area contributed by atoms with Gasteiger partial charge in [0.05, 0.1) is 11.0 Å². The molecule has 0 amide bonds. The third-order valence-electron chi connectivity index (χ3n) is 4.73. The number of ether oxygens (including phenoxy) is 1. The maximum absolute atomic E-state index is 13.4. The van der Waals surface area contributed by atoms with Gasteiger partial charge in [0.15, 0.2) is 0 Å². The molecule has 3 rings (SSSR count). The molecule has 0 aliphatic carbocycles. The van der Waals surface area contributed by atoms with E-state index in [1.165, 1.54) is 36.4 Å². The largest absolute Gasteiger partial charge is 0.489 e. The first-order valence-electron chi connectivity index (χ1n) is 8.99. The van der Waals surface area contributed by atoms with Gasteiger partial charge in [-0.15, -0.1) is 0 Å². The number of carbonyl (C=O) groups excluding carboxylic acids is 1. The number of aliphatic hydroxyl groups is 1. The molecular weight excluding hydrogens is 483 g/mol. The van der Waals surface area contributed by atoms with Crippen LogP contribution in [0.15, 0.2) is 51.8 Å². The standard InChI is InChI=1S/C19H20BrFN2O6S/c20-17-7-1-13(21)9-12(17)11-28-15-3-5-16(6-4-15)30(26,27)23-10-14(24)2-8-18(23)19(25)29-22/h1,3-7,9,14,18,24H,2,8,10-11,22H2. The van der Waals surface area contributed by atoms with Gasteiger partial charge in [-0.05, 0) is 55.3 Å². The summed E-state index contributed by atoms with van der Waals surface area (Å²) in [6.07, 6.45) is -0.539. The van der Waals surface area contributed by atoms with E-state index in [-0.39, 0.29) is 30.9 Å². The number of piperidine rings is 1. The molecule has 1 aliphatic heterocycles. The predicted octanol–water partition coefficient (Wildman–Crippen LogP) is 2.10. The van der Waals surface area contributed by atoms with Crippen LogP contribution in [0.4, 0.5) is 4.39 Å². The minimum absolute atomic E-state index is 0.0766. The van der Waals surface area contributed by atoms with Crippen molar-refractivity contribution < 1.29 is 32.3 Å². The van der Waals surface area contributed by atoms with Crippen molar-refractivity contribution in [2.75, 3.05) is 6.54 Å². The van der Waals surface area contributed by atoms with E-state index in [9.17, 15) is 22.7 Å². The van der Waals surface area contributed by atoms with E-state index in [1.807, 2.05) is 0 Å². The highest BCUT2D eigenvalue weighted by molar-refractivity contribution is 9.10. The molecule has 1 saturated heterocycles. The van der Waals surface area contributed by atoms with Crippen molar-refractivity contribution in [3.8, 4) is 5.75 Å². The van der Waals surface area contributed by atoms with E-state index in [1.54, 1.807) is 6.07 Å². The van der Waals surface area contributed by atoms with Crippen molar-refractivity contribution in [1.82, 2.24) is 4.31 Å². The Labute approximate surface area is 181 Å². The van der Waals surface area contributed by atoms with Crippen LogP contribution in [0.25, 0.3) is 0 Å². The summed E-state index contributed by atoms with van der Waals surface area (Å²) in [5, 5.41) is 9.89. The maximum atomic E-state index is 13.4. The molecule has 2 aromatic rings. The second kappa shape index (κ2) is 9.40. The SMILES string of the molecule is NOC(=O)C1CCC(O)CN1S(=O)(=O)c1ccc(OCc2cc(F)ccc2Br)cc1. The smallest absolute Gasteiger partial charge is 0.342 e. The van der Waals surface area contributed by atoms with Crippen LogP contribution in [0, 0.1) is 5.82 Å². The summed E-state index contributed by atoms with van der Waals surface area (Å²) in [6, 6.07) is 8.69. The number of rotatable bonds is 6. The average Bonchev–Trinajstić information content (AvgIpc) is 2.74. The lowest BCUT2D eigenvalue weighted by Crippen LogP contribution is -2.52. The van der Waals surface area contributed by atoms with Crippen LogP contribution in [0.3, 0.4) is 0 Å². The highest BCUT2D eigenvalue weighted by atomic mass is 79.9. The summed E-state index contributed by atoms with van der Waals surface area (Å²) in [5.74, 6) is 4.02. The highest BCUT2D eigenvalue weighted by Crippen LogP contribution is 2.28. The molecule has 11 heteroatoms. The summed E-state index contributed by atoms with van der Waals surface area (Å²) in [6.45, 7) is -0.166. The zero-order chi connectivity index (χ0) is 21.9. The van der Waals surface area contributed by atoms with Gasteiger partial charge in [-0.2, -0.15) is 10.2 Å². The van der Waals surface area contributed by atoms with Crippen molar-refractivity contribution >= 4 is 31.9 Å². The van der Waals surface area contributed by atoms with Gasteiger partial charge in [0.1, 0.15) is 24.2 Å². The lowest BCUT2D eigenvalue weighted by molar-refractivity contribution is -0.150. The lowest BCUT2D eigenvalue weighted by atomic mass is 10.0. The normalized spacial score (nSPS) is 20.0. The van der Waals surface area contributed by atoms with E-state index >= 15 is 0 Å². The van der Waals surface area contributed by atoms with E-state index in [2.05, 4.69) is 20.8 Å². The number of benzene rings is 2. The molecule has 0 radical (unpaired) electrons. The molecule has 0 saturated carbocycles. The predicted molar refractivity (Wildman–Crippen MR) is 108 cm³/mol. The number of nitrogens with zero attached hydrogens (tertiary/aromatic N) is 1. The molecule has 0 bridgehead atoms. The van der Waals surface area contributed by atoms with Crippen molar-refractivity contribution in [1.29, 1.82) is 0 Å². The molecular formula is C19H20BrFN2O6S. The zero-order valence-electron chi connectivity index (χ0n) is 15.7. The van der Waals surface area contributed by atoms with Crippen LogP contribution >= 0.6 is 15.9 Å². The fraction of sp³-hybridized carbons (Fsp3) is 0.316. The fourth-order valence-electron chi connectivity index (χ4n) is 3.16. The third-order valence-corrected chi connectivity index (χ3v) is 7.39. The van der Waals surface area contributed by atoms with E-state index in [0.29, 0.717) is 15.8 Å². The summed E-state index contributed by atoms with van der Waals surface area (Å²) in [5.41, 5.74) is 0.595. The lowest BCUT2D eigenvalue weighted by Gasteiger charge is -2.34. The first kappa shape index (κ1) is 22.6. The van der Waals surface area contributed by atoms with Gasteiger partial charge in [0.2, 0.25) is 10.0 Å². The van der Waals surface area contributed by atoms with E-state index < -0.39 is 34.0 Å². The number of halogens is 2. The summed E-state index contributed by atoms with van der Waals surface area (Å²) >= 11 is 3.32. The average molecular weight is 503 g/mol. The second-order valence-electron chi connectivity index (χ2n) is 6.75. The number of carbonyl (C=O) groups is 1. The molecule has 30 heavy (non-hydrogen) atoms. The molecule has 2 unspecified atom stereocenters. The monoisotopic (exact) mass is 502 g/mol. The van der Waals surface area contributed by atoms with Gasteiger partial charge in [-0.3, -0.25) is 0 Å². The van der Waals surface area contributed by atoms with Crippen LogP contribution in [0.2, 0.25) is 0 Å². The van der Waals surface area contributed by atoms with Crippen LogP contribution in [-0.2, 0) is 26.3 Å². The van der Waals surface area contributed by atoms with Crippen molar-refractivity contribution in [2.45, 2.75) is 36.5 Å². The molecule has 2 aromatic carbocycles. The minimum atomic E-state index is -4.09. The summed E-state index contributed by atoms with van der Waals surface area (Å²) in [4.78, 5) is 16.0. The Bertz CT molecular complexity index is 1020. The van der Waals surface area contributed by atoms with Crippen molar-refractivity contribution in [2.24, 2.45) is 5.90 Å². The Hall–Kier alpha value is -2.05. The van der Waals surface area contributed by atoms with E-state index in [4.69, 9.17) is 10.6 Å². The van der Waals surface area contributed by atoms with Crippen LogP contribution < -0.4 is 10.6 Å². The Morgan fingerprint density at radius 1 is 1.23 bits per heavy atom. The molecule has 1 heterocycles.